The normalized spacial score (nSPS) is 11.8. The molecule has 100 valence electrons. The van der Waals surface area contributed by atoms with Crippen LogP contribution < -0.4 is 20.5 Å². The summed E-state index contributed by atoms with van der Waals surface area (Å²) < 4.78 is 10.3. The van der Waals surface area contributed by atoms with Gasteiger partial charge in [-0.25, -0.2) is 0 Å². The number of methoxy groups -OCH3 is 2. The van der Waals surface area contributed by atoms with E-state index in [-0.39, 0.29) is 5.91 Å². The van der Waals surface area contributed by atoms with Crippen LogP contribution in [0.5, 0.6) is 11.5 Å². The van der Waals surface area contributed by atoms with Crippen LogP contribution in [-0.2, 0) is 4.79 Å². The van der Waals surface area contributed by atoms with Crippen molar-refractivity contribution in [2.75, 3.05) is 19.5 Å². The van der Waals surface area contributed by atoms with E-state index >= 15 is 0 Å². The predicted octanol–water partition coefficient (Wildman–Crippen LogP) is 1.77. The Bertz CT molecular complexity index is 407. The summed E-state index contributed by atoms with van der Waals surface area (Å²) in [6, 6.07) is 4.70. The third-order valence-corrected chi connectivity index (χ3v) is 2.60. The number of nitrogens with one attached hydrogen (secondary N) is 1. The smallest absolute Gasteiger partial charge is 0.241 e. The summed E-state index contributed by atoms with van der Waals surface area (Å²) in [4.78, 5) is 11.8. The summed E-state index contributed by atoms with van der Waals surface area (Å²) in [7, 11) is 3.11. The maximum Gasteiger partial charge on any atom is 0.241 e. The summed E-state index contributed by atoms with van der Waals surface area (Å²) in [5.41, 5.74) is 6.32. The second-order valence-corrected chi connectivity index (χ2v) is 3.95. The maximum atomic E-state index is 11.8. The molecule has 0 spiro atoms. The number of anilines is 1. The molecule has 0 fully saturated rings. The van der Waals surface area contributed by atoms with Gasteiger partial charge in [-0.3, -0.25) is 4.79 Å². The lowest BCUT2D eigenvalue weighted by Crippen LogP contribution is -2.35. The number of ether oxygens (including phenoxy) is 2. The SMILES string of the molecule is CCC[C@@H](N)C(=O)Nc1cc(OC)ccc1OC. The highest BCUT2D eigenvalue weighted by atomic mass is 16.5. The lowest BCUT2D eigenvalue weighted by Gasteiger charge is -2.14. The Kier molecular flexibility index (Phi) is 5.45. The largest absolute Gasteiger partial charge is 0.497 e. The number of benzene rings is 1. The molecular formula is C13H20N2O3. The summed E-state index contributed by atoms with van der Waals surface area (Å²) in [5.74, 6) is 1.01. The van der Waals surface area contributed by atoms with Crippen LogP contribution in [0.1, 0.15) is 19.8 Å². The van der Waals surface area contributed by atoms with Crippen LogP contribution in [0.2, 0.25) is 0 Å². The van der Waals surface area contributed by atoms with Gasteiger partial charge in [0.2, 0.25) is 5.91 Å². The summed E-state index contributed by atoms with van der Waals surface area (Å²) in [6.07, 6.45) is 1.52. The molecule has 0 radical (unpaired) electrons. The molecule has 0 bridgehead atoms. The van der Waals surface area contributed by atoms with Crippen LogP contribution in [0.25, 0.3) is 0 Å². The minimum Gasteiger partial charge on any atom is -0.497 e. The molecule has 0 unspecified atom stereocenters. The fourth-order valence-electron chi connectivity index (χ4n) is 1.58. The zero-order valence-corrected chi connectivity index (χ0v) is 11.0. The molecule has 18 heavy (non-hydrogen) atoms. The molecule has 0 saturated carbocycles. The average molecular weight is 252 g/mol. The number of rotatable bonds is 6. The highest BCUT2D eigenvalue weighted by Gasteiger charge is 2.15. The molecule has 0 aromatic heterocycles. The van der Waals surface area contributed by atoms with E-state index in [0.29, 0.717) is 23.6 Å². The fourth-order valence-corrected chi connectivity index (χ4v) is 1.58. The Morgan fingerprint density at radius 2 is 2.11 bits per heavy atom. The summed E-state index contributed by atoms with van der Waals surface area (Å²) in [6.45, 7) is 1.99. The van der Waals surface area contributed by atoms with E-state index in [9.17, 15) is 4.79 Å². The molecule has 3 N–H and O–H groups in total. The minimum atomic E-state index is -0.508. The van der Waals surface area contributed by atoms with Crippen LogP contribution in [0.15, 0.2) is 18.2 Å². The third kappa shape index (κ3) is 3.63. The number of hydrogen-bond donors (Lipinski definition) is 2. The van der Waals surface area contributed by atoms with Crippen molar-refractivity contribution in [3.05, 3.63) is 18.2 Å². The van der Waals surface area contributed by atoms with E-state index in [4.69, 9.17) is 15.2 Å². The molecule has 0 heterocycles. The molecule has 0 aliphatic heterocycles. The average Bonchev–Trinajstić information content (AvgIpc) is 2.38. The van der Waals surface area contributed by atoms with E-state index in [1.54, 1.807) is 32.4 Å². The molecule has 1 atom stereocenters. The van der Waals surface area contributed by atoms with E-state index in [1.165, 1.54) is 0 Å². The Balaban J connectivity index is 2.84. The molecule has 0 aliphatic rings. The van der Waals surface area contributed by atoms with Crippen molar-refractivity contribution < 1.29 is 14.3 Å². The number of carbonyl (C=O) groups excluding carboxylic acids is 1. The molecule has 5 nitrogen and oxygen atoms in total. The molecular weight excluding hydrogens is 232 g/mol. The van der Waals surface area contributed by atoms with Gasteiger partial charge in [-0.15, -0.1) is 0 Å². The van der Waals surface area contributed by atoms with Gasteiger partial charge >= 0.3 is 0 Å². The molecule has 0 aliphatic carbocycles. The second-order valence-electron chi connectivity index (χ2n) is 3.95. The van der Waals surface area contributed by atoms with Crippen LogP contribution >= 0.6 is 0 Å². The Morgan fingerprint density at radius 3 is 2.67 bits per heavy atom. The standard InChI is InChI=1S/C13H20N2O3/c1-4-5-10(14)13(16)15-11-8-9(17-2)6-7-12(11)18-3/h6-8,10H,4-5,14H2,1-3H3,(H,15,16)/t10-/m1/s1. The van der Waals surface area contributed by atoms with Gasteiger partial charge in [0.05, 0.1) is 25.9 Å². The zero-order valence-electron chi connectivity index (χ0n) is 11.0. The first-order valence-electron chi connectivity index (χ1n) is 5.90. The Hall–Kier alpha value is -1.75. The topological polar surface area (TPSA) is 73.6 Å². The van der Waals surface area contributed by atoms with Gasteiger partial charge in [-0.05, 0) is 18.6 Å². The number of hydrogen-bond acceptors (Lipinski definition) is 4. The first-order chi connectivity index (χ1) is 8.62. The van der Waals surface area contributed by atoms with E-state index in [2.05, 4.69) is 5.32 Å². The predicted molar refractivity (Wildman–Crippen MR) is 71.1 cm³/mol. The first kappa shape index (κ1) is 14.3. The van der Waals surface area contributed by atoms with Gasteiger partial charge < -0.3 is 20.5 Å². The van der Waals surface area contributed by atoms with Crippen molar-refractivity contribution in [3.63, 3.8) is 0 Å². The molecule has 5 heteroatoms. The summed E-state index contributed by atoms with van der Waals surface area (Å²) in [5, 5.41) is 2.75. The maximum absolute atomic E-state index is 11.8. The fraction of sp³-hybridized carbons (Fsp3) is 0.462. The number of nitrogens with two attached hydrogens (primary N) is 1. The monoisotopic (exact) mass is 252 g/mol. The van der Waals surface area contributed by atoms with Gasteiger partial charge in [0.15, 0.2) is 0 Å². The zero-order chi connectivity index (χ0) is 13.5. The second kappa shape index (κ2) is 6.86. The Labute approximate surface area is 107 Å². The number of amides is 1. The van der Waals surface area contributed by atoms with Crippen molar-refractivity contribution in [2.45, 2.75) is 25.8 Å². The van der Waals surface area contributed by atoms with Crippen LogP contribution in [0.4, 0.5) is 5.69 Å². The van der Waals surface area contributed by atoms with Gasteiger partial charge in [0, 0.05) is 6.07 Å². The van der Waals surface area contributed by atoms with Gasteiger partial charge in [-0.2, -0.15) is 0 Å². The van der Waals surface area contributed by atoms with Gasteiger partial charge in [0.1, 0.15) is 11.5 Å². The van der Waals surface area contributed by atoms with Crippen LogP contribution in [0, 0.1) is 0 Å². The molecule has 1 aromatic rings. The highest BCUT2D eigenvalue weighted by molar-refractivity contribution is 5.96. The van der Waals surface area contributed by atoms with Crippen LogP contribution in [-0.4, -0.2) is 26.2 Å². The highest BCUT2D eigenvalue weighted by Crippen LogP contribution is 2.28. The van der Waals surface area contributed by atoms with Gasteiger partial charge in [0.25, 0.3) is 0 Å². The molecule has 1 amide bonds. The molecule has 1 aromatic carbocycles. The third-order valence-electron chi connectivity index (χ3n) is 2.60. The lowest BCUT2D eigenvalue weighted by molar-refractivity contribution is -0.117. The van der Waals surface area contributed by atoms with E-state index in [1.807, 2.05) is 6.92 Å². The van der Waals surface area contributed by atoms with E-state index < -0.39 is 6.04 Å². The Morgan fingerprint density at radius 1 is 1.39 bits per heavy atom. The summed E-state index contributed by atoms with van der Waals surface area (Å²) >= 11 is 0. The van der Waals surface area contributed by atoms with Crippen molar-refractivity contribution in [3.8, 4) is 11.5 Å². The van der Waals surface area contributed by atoms with Crippen molar-refractivity contribution >= 4 is 11.6 Å². The number of carbonyl (C=O) groups is 1. The quantitative estimate of drug-likeness (QED) is 0.809. The van der Waals surface area contributed by atoms with Gasteiger partial charge in [-0.1, -0.05) is 13.3 Å². The van der Waals surface area contributed by atoms with Crippen molar-refractivity contribution in [1.29, 1.82) is 0 Å². The molecule has 0 saturated heterocycles. The van der Waals surface area contributed by atoms with Crippen molar-refractivity contribution in [2.24, 2.45) is 5.73 Å². The van der Waals surface area contributed by atoms with Crippen molar-refractivity contribution in [1.82, 2.24) is 0 Å². The van der Waals surface area contributed by atoms with Crippen LogP contribution in [0.3, 0.4) is 0 Å². The lowest BCUT2D eigenvalue weighted by atomic mass is 10.1. The molecule has 1 rings (SSSR count). The van der Waals surface area contributed by atoms with E-state index in [0.717, 1.165) is 6.42 Å². The minimum absolute atomic E-state index is 0.219. The first-order valence-corrected chi connectivity index (χ1v) is 5.90.